The van der Waals surface area contributed by atoms with Gasteiger partial charge in [0.05, 0.1) is 5.56 Å². The average Bonchev–Trinajstić information content (AvgIpc) is 2.89. The summed E-state index contributed by atoms with van der Waals surface area (Å²) >= 11 is 0. The Morgan fingerprint density at radius 1 is 0.342 bits per heavy atom. The molecular weight excluding hydrogens is 540 g/mol. The Morgan fingerprint density at radius 3 is 1.39 bits per heavy atom. The lowest BCUT2D eigenvalue weighted by Gasteiger charge is -2.20. The Labute approximate surface area is 203 Å². The number of rotatable bonds is 2. The largest absolute Gasteiger partial charge is 0.206 e. The number of benzene rings is 5. The molecule has 0 aliphatic heterocycles. The van der Waals surface area contributed by atoms with Gasteiger partial charge in [0.2, 0.25) is 5.82 Å². The third-order valence-corrected chi connectivity index (χ3v) is 5.97. The van der Waals surface area contributed by atoms with E-state index < -0.39 is 114 Å². The minimum absolute atomic E-state index is 0.408. The molecule has 0 aliphatic rings. The minimum Gasteiger partial charge on any atom is -0.206 e. The van der Waals surface area contributed by atoms with Gasteiger partial charge in [0, 0.05) is 27.3 Å². The molecule has 38 heavy (non-hydrogen) atoms. The van der Waals surface area contributed by atoms with Crippen LogP contribution in [0.5, 0.6) is 0 Å². The molecule has 0 aliphatic carbocycles. The van der Waals surface area contributed by atoms with Crippen LogP contribution in [0.3, 0.4) is 0 Å². The molecule has 194 valence electrons. The summed E-state index contributed by atoms with van der Waals surface area (Å²) in [5.74, 6) is -27.1. The highest BCUT2D eigenvalue weighted by atomic mass is 19.2. The maximum absolute atomic E-state index is 15.3. The van der Waals surface area contributed by atoms with Crippen LogP contribution in [0.2, 0.25) is 0 Å². The Bertz CT molecular complexity index is 1810. The smallest absolute Gasteiger partial charge is 0.200 e. The van der Waals surface area contributed by atoms with Crippen molar-refractivity contribution in [3.63, 3.8) is 0 Å². The second-order valence-electron chi connectivity index (χ2n) is 7.99. The van der Waals surface area contributed by atoms with E-state index in [4.69, 9.17) is 0 Å². The molecule has 0 radical (unpaired) electrons. The normalized spacial score (nSPS) is 11.7. The van der Waals surface area contributed by atoms with Gasteiger partial charge in [-0.15, -0.1) is 0 Å². The predicted octanol–water partition coefficient (Wildman–Crippen LogP) is 9.00. The van der Waals surface area contributed by atoms with Crippen LogP contribution in [0, 0.1) is 69.8 Å². The summed E-state index contributed by atoms with van der Waals surface area (Å²) in [7, 11) is 0. The molecule has 0 heterocycles. The van der Waals surface area contributed by atoms with E-state index in [1.807, 2.05) is 0 Å². The minimum atomic E-state index is -2.64. The van der Waals surface area contributed by atoms with Crippen molar-refractivity contribution in [3.05, 3.63) is 106 Å². The molecule has 0 spiro atoms. The van der Waals surface area contributed by atoms with E-state index in [-0.39, 0.29) is 0 Å². The number of halogens is 12. The zero-order chi connectivity index (χ0) is 27.8. The molecule has 0 N–H and O–H groups in total. The fraction of sp³-hybridized carbons (Fsp3) is 0. The molecule has 0 unspecified atom stereocenters. The van der Waals surface area contributed by atoms with Gasteiger partial charge in [0.1, 0.15) is 5.82 Å². The van der Waals surface area contributed by atoms with Gasteiger partial charge in [0.15, 0.2) is 58.2 Å². The van der Waals surface area contributed by atoms with E-state index in [0.717, 1.165) is 18.2 Å². The first kappa shape index (κ1) is 25.4. The topological polar surface area (TPSA) is 0 Å². The van der Waals surface area contributed by atoms with Gasteiger partial charge >= 0.3 is 0 Å². The molecule has 0 fully saturated rings. The monoisotopic (exact) mass is 546 g/mol. The lowest BCUT2D eigenvalue weighted by molar-refractivity contribution is 0.381. The maximum Gasteiger partial charge on any atom is 0.200 e. The third kappa shape index (κ3) is 3.35. The van der Waals surface area contributed by atoms with E-state index in [2.05, 4.69) is 0 Å². The molecule has 0 saturated carbocycles. The average molecular weight is 546 g/mol. The third-order valence-electron chi connectivity index (χ3n) is 5.97. The molecule has 0 bridgehead atoms. The van der Waals surface area contributed by atoms with Crippen LogP contribution >= 0.6 is 0 Å². The Kier molecular flexibility index (Phi) is 5.80. The van der Waals surface area contributed by atoms with Crippen molar-refractivity contribution in [2.75, 3.05) is 0 Å². The second kappa shape index (κ2) is 8.67. The van der Waals surface area contributed by atoms with Crippen LogP contribution in [-0.4, -0.2) is 0 Å². The Morgan fingerprint density at radius 2 is 0.842 bits per heavy atom. The summed E-state index contributed by atoms with van der Waals surface area (Å²) < 4.78 is 174. The molecule has 0 atom stereocenters. The van der Waals surface area contributed by atoms with E-state index in [1.54, 1.807) is 0 Å². The SMILES string of the molecule is Fc1ccc(-c2c3cccc(F)c3c(-c3c(F)c(F)c(F)c(F)c3F)c3c(F)c(F)c(F)c(F)c23)cc1F. The second-order valence-corrected chi connectivity index (χ2v) is 7.99. The first-order valence-corrected chi connectivity index (χ1v) is 10.2. The van der Waals surface area contributed by atoms with E-state index in [0.29, 0.717) is 18.2 Å². The van der Waals surface area contributed by atoms with Crippen molar-refractivity contribution >= 4 is 21.5 Å². The summed E-state index contributed by atoms with van der Waals surface area (Å²) in [6.07, 6.45) is 0. The van der Waals surface area contributed by atoms with Crippen LogP contribution in [0.1, 0.15) is 0 Å². The van der Waals surface area contributed by atoms with Crippen LogP contribution < -0.4 is 0 Å². The van der Waals surface area contributed by atoms with Gasteiger partial charge in [-0.1, -0.05) is 18.2 Å². The van der Waals surface area contributed by atoms with Crippen molar-refractivity contribution in [3.8, 4) is 22.3 Å². The summed E-state index contributed by atoms with van der Waals surface area (Å²) in [4.78, 5) is 0. The fourth-order valence-corrected chi connectivity index (χ4v) is 4.37. The van der Waals surface area contributed by atoms with E-state index in [9.17, 15) is 39.5 Å². The highest BCUT2D eigenvalue weighted by Gasteiger charge is 2.34. The van der Waals surface area contributed by atoms with Gasteiger partial charge < -0.3 is 0 Å². The van der Waals surface area contributed by atoms with Gasteiger partial charge in [0.25, 0.3) is 0 Å². The first-order chi connectivity index (χ1) is 17.9. The maximum atomic E-state index is 15.3. The molecule has 12 heteroatoms. The first-order valence-electron chi connectivity index (χ1n) is 10.2. The fourth-order valence-electron chi connectivity index (χ4n) is 4.37. The summed E-state index contributed by atoms with van der Waals surface area (Å²) in [6, 6.07) is 4.10. The summed E-state index contributed by atoms with van der Waals surface area (Å²) in [5.41, 5.74) is -4.86. The van der Waals surface area contributed by atoms with Crippen LogP contribution in [-0.2, 0) is 0 Å². The van der Waals surface area contributed by atoms with Crippen molar-refractivity contribution in [2.24, 2.45) is 0 Å². The van der Waals surface area contributed by atoms with E-state index >= 15 is 13.2 Å². The van der Waals surface area contributed by atoms with Gasteiger partial charge in [-0.25, -0.2) is 52.7 Å². The molecule has 0 nitrogen and oxygen atoms in total. The predicted molar refractivity (Wildman–Crippen MR) is 112 cm³/mol. The van der Waals surface area contributed by atoms with Gasteiger partial charge in [-0.2, -0.15) is 0 Å². The van der Waals surface area contributed by atoms with Gasteiger partial charge in [-0.3, -0.25) is 0 Å². The standard InChI is InChI=1S/C26H6F12/c27-9-5-4-7(6-11(9)29)12-8-2-1-3-10(28)13(8)14(16-15(12)18(30)22(34)23(35)19(16)31)17-20(32)24(36)26(38)25(37)21(17)33/h1-6H. The van der Waals surface area contributed by atoms with Crippen molar-refractivity contribution in [1.82, 2.24) is 0 Å². The highest BCUT2D eigenvalue weighted by molar-refractivity contribution is 6.22. The molecule has 0 amide bonds. The summed E-state index contributed by atoms with van der Waals surface area (Å²) in [5, 5.41) is -4.79. The summed E-state index contributed by atoms with van der Waals surface area (Å²) in [6.45, 7) is 0. The lowest BCUT2D eigenvalue weighted by Crippen LogP contribution is -2.08. The Balaban J connectivity index is 2.20. The molecule has 5 rings (SSSR count). The lowest BCUT2D eigenvalue weighted by atomic mass is 9.84. The van der Waals surface area contributed by atoms with Crippen LogP contribution in [0.15, 0.2) is 36.4 Å². The van der Waals surface area contributed by atoms with Crippen molar-refractivity contribution < 1.29 is 52.7 Å². The number of hydrogen-bond acceptors (Lipinski definition) is 0. The molecule has 5 aromatic carbocycles. The molecule has 5 aromatic rings. The van der Waals surface area contributed by atoms with Crippen LogP contribution in [0.25, 0.3) is 43.8 Å². The van der Waals surface area contributed by atoms with Gasteiger partial charge in [-0.05, 0) is 29.1 Å². The zero-order valence-electron chi connectivity index (χ0n) is 18.0. The number of hydrogen-bond donors (Lipinski definition) is 0. The molecular formula is C26H6F12. The Hall–Kier alpha value is -4.22. The quantitative estimate of drug-likeness (QED) is 0.0898. The zero-order valence-corrected chi connectivity index (χ0v) is 18.0. The van der Waals surface area contributed by atoms with Crippen molar-refractivity contribution in [1.29, 1.82) is 0 Å². The highest BCUT2D eigenvalue weighted by Crippen LogP contribution is 2.49. The number of fused-ring (bicyclic) bond motifs is 2. The van der Waals surface area contributed by atoms with Crippen LogP contribution in [0.4, 0.5) is 52.7 Å². The van der Waals surface area contributed by atoms with Crippen molar-refractivity contribution in [2.45, 2.75) is 0 Å². The van der Waals surface area contributed by atoms with E-state index in [1.165, 1.54) is 0 Å². The molecule has 0 saturated heterocycles. The molecule has 0 aromatic heterocycles.